The lowest BCUT2D eigenvalue weighted by molar-refractivity contribution is 0.0522. The van der Waals surface area contributed by atoms with Crippen LogP contribution in [0.2, 0.25) is 0 Å². The summed E-state index contributed by atoms with van der Waals surface area (Å²) >= 11 is 0. The van der Waals surface area contributed by atoms with Crippen LogP contribution in [0.15, 0.2) is 36.4 Å². The van der Waals surface area contributed by atoms with Crippen LogP contribution in [0.5, 0.6) is 5.75 Å². The number of nitrogens with zero attached hydrogens (tertiary/aromatic N) is 1. The van der Waals surface area contributed by atoms with Gasteiger partial charge in [0.2, 0.25) is 0 Å². The first-order chi connectivity index (χ1) is 8.24. The Balaban J connectivity index is 2.58. The molecule has 17 heavy (non-hydrogen) atoms. The van der Waals surface area contributed by atoms with Gasteiger partial charge in [0.15, 0.2) is 6.79 Å². The molecule has 0 amide bonds. The summed E-state index contributed by atoms with van der Waals surface area (Å²) in [5.74, 6) is 0.855. The molecule has 0 aliphatic rings. The summed E-state index contributed by atoms with van der Waals surface area (Å²) in [7, 11) is 5.68. The SMILES string of the molecule is COCOc1cccc2cccc(N(C)C)c12. The Bertz CT molecular complexity index is 503. The van der Waals surface area contributed by atoms with E-state index in [1.165, 1.54) is 5.39 Å². The van der Waals surface area contributed by atoms with Crippen molar-refractivity contribution < 1.29 is 9.47 Å². The van der Waals surface area contributed by atoms with Crippen LogP contribution in [0.25, 0.3) is 10.8 Å². The molecule has 0 aromatic heterocycles. The first-order valence-corrected chi connectivity index (χ1v) is 5.55. The van der Waals surface area contributed by atoms with E-state index in [9.17, 15) is 0 Å². The van der Waals surface area contributed by atoms with Crippen LogP contribution in [0.4, 0.5) is 5.69 Å². The number of hydrogen-bond donors (Lipinski definition) is 0. The Morgan fingerprint density at radius 1 is 1.06 bits per heavy atom. The molecular formula is C14H17NO2. The van der Waals surface area contributed by atoms with E-state index in [0.29, 0.717) is 0 Å². The Labute approximate surface area is 102 Å². The summed E-state index contributed by atoms with van der Waals surface area (Å²) in [6.45, 7) is 0.265. The summed E-state index contributed by atoms with van der Waals surface area (Å²) in [6.07, 6.45) is 0. The van der Waals surface area contributed by atoms with Crippen molar-refractivity contribution in [2.75, 3.05) is 32.9 Å². The van der Waals surface area contributed by atoms with Gasteiger partial charge in [0.25, 0.3) is 0 Å². The van der Waals surface area contributed by atoms with E-state index >= 15 is 0 Å². The standard InChI is InChI=1S/C14H17NO2/c1-15(2)12-8-4-6-11-7-5-9-13(14(11)12)17-10-16-3/h4-9H,10H2,1-3H3. The fourth-order valence-electron chi connectivity index (χ4n) is 1.90. The average Bonchev–Trinajstić information content (AvgIpc) is 2.35. The zero-order valence-corrected chi connectivity index (χ0v) is 10.4. The largest absolute Gasteiger partial charge is 0.467 e. The highest BCUT2D eigenvalue weighted by molar-refractivity contribution is 5.99. The number of hydrogen-bond acceptors (Lipinski definition) is 3. The van der Waals surface area contributed by atoms with E-state index in [0.717, 1.165) is 16.8 Å². The van der Waals surface area contributed by atoms with Gasteiger partial charge in [-0.05, 0) is 17.5 Å². The summed E-state index contributed by atoms with van der Waals surface area (Å²) in [4.78, 5) is 2.09. The highest BCUT2D eigenvalue weighted by atomic mass is 16.7. The van der Waals surface area contributed by atoms with Crippen molar-refractivity contribution in [3.63, 3.8) is 0 Å². The van der Waals surface area contributed by atoms with Gasteiger partial charge in [-0.3, -0.25) is 0 Å². The molecule has 2 aromatic rings. The van der Waals surface area contributed by atoms with Gasteiger partial charge in [-0.25, -0.2) is 0 Å². The van der Waals surface area contributed by atoms with Crippen LogP contribution >= 0.6 is 0 Å². The minimum atomic E-state index is 0.265. The Morgan fingerprint density at radius 2 is 1.76 bits per heavy atom. The molecule has 2 rings (SSSR count). The summed E-state index contributed by atoms with van der Waals surface area (Å²) in [6, 6.07) is 12.3. The molecule has 0 bridgehead atoms. The maximum Gasteiger partial charge on any atom is 0.188 e. The lowest BCUT2D eigenvalue weighted by Crippen LogP contribution is -2.09. The molecule has 90 valence electrons. The predicted octanol–water partition coefficient (Wildman–Crippen LogP) is 2.89. The van der Waals surface area contributed by atoms with Gasteiger partial charge < -0.3 is 14.4 Å². The van der Waals surface area contributed by atoms with Crippen LogP contribution in [0, 0.1) is 0 Å². The minimum absolute atomic E-state index is 0.265. The molecule has 0 radical (unpaired) electrons. The molecule has 0 aliphatic heterocycles. The molecule has 3 heteroatoms. The fraction of sp³-hybridized carbons (Fsp3) is 0.286. The van der Waals surface area contributed by atoms with Crippen LogP contribution in [-0.4, -0.2) is 28.0 Å². The zero-order valence-electron chi connectivity index (χ0n) is 10.4. The molecule has 2 aromatic carbocycles. The number of methoxy groups -OCH3 is 1. The van der Waals surface area contributed by atoms with Gasteiger partial charge in [-0.1, -0.05) is 24.3 Å². The minimum Gasteiger partial charge on any atom is -0.467 e. The third kappa shape index (κ3) is 2.34. The van der Waals surface area contributed by atoms with Crippen molar-refractivity contribution in [1.82, 2.24) is 0 Å². The first kappa shape index (κ1) is 11.7. The zero-order chi connectivity index (χ0) is 12.3. The fourth-order valence-corrected chi connectivity index (χ4v) is 1.90. The lowest BCUT2D eigenvalue weighted by Gasteiger charge is -2.17. The van der Waals surface area contributed by atoms with Gasteiger partial charge in [0, 0.05) is 32.3 Å². The second kappa shape index (κ2) is 5.06. The molecule has 0 unspecified atom stereocenters. The molecule has 0 heterocycles. The Hall–Kier alpha value is -1.74. The molecule has 0 atom stereocenters. The second-order valence-corrected chi connectivity index (χ2v) is 4.08. The van der Waals surface area contributed by atoms with Gasteiger partial charge in [0.1, 0.15) is 5.75 Å². The number of rotatable bonds is 4. The monoisotopic (exact) mass is 231 g/mol. The highest BCUT2D eigenvalue weighted by Gasteiger charge is 2.08. The maximum atomic E-state index is 5.61. The van der Waals surface area contributed by atoms with Crippen molar-refractivity contribution in [1.29, 1.82) is 0 Å². The van der Waals surface area contributed by atoms with E-state index in [1.807, 2.05) is 26.2 Å². The first-order valence-electron chi connectivity index (χ1n) is 5.55. The topological polar surface area (TPSA) is 21.7 Å². The number of anilines is 1. The molecule has 0 saturated heterocycles. The van der Waals surface area contributed by atoms with Crippen LogP contribution < -0.4 is 9.64 Å². The van der Waals surface area contributed by atoms with Crippen molar-refractivity contribution >= 4 is 16.5 Å². The van der Waals surface area contributed by atoms with E-state index in [1.54, 1.807) is 7.11 Å². The molecule has 0 fully saturated rings. The molecule has 0 N–H and O–H groups in total. The van der Waals surface area contributed by atoms with Gasteiger partial charge in [-0.2, -0.15) is 0 Å². The lowest BCUT2D eigenvalue weighted by atomic mass is 10.1. The Morgan fingerprint density at radius 3 is 2.41 bits per heavy atom. The third-order valence-corrected chi connectivity index (χ3v) is 2.66. The van der Waals surface area contributed by atoms with E-state index < -0.39 is 0 Å². The van der Waals surface area contributed by atoms with E-state index in [4.69, 9.17) is 9.47 Å². The summed E-state index contributed by atoms with van der Waals surface area (Å²) in [5.41, 5.74) is 1.15. The third-order valence-electron chi connectivity index (χ3n) is 2.66. The van der Waals surface area contributed by atoms with E-state index in [-0.39, 0.29) is 6.79 Å². The van der Waals surface area contributed by atoms with Gasteiger partial charge in [-0.15, -0.1) is 0 Å². The highest BCUT2D eigenvalue weighted by Crippen LogP contribution is 2.33. The van der Waals surface area contributed by atoms with Crippen LogP contribution in [0.3, 0.4) is 0 Å². The normalized spacial score (nSPS) is 10.5. The van der Waals surface area contributed by atoms with Crippen LogP contribution in [0.1, 0.15) is 0 Å². The molecule has 0 saturated carbocycles. The maximum absolute atomic E-state index is 5.61. The van der Waals surface area contributed by atoms with Crippen molar-refractivity contribution in [2.24, 2.45) is 0 Å². The van der Waals surface area contributed by atoms with E-state index in [2.05, 4.69) is 29.2 Å². The number of benzene rings is 2. The number of fused-ring (bicyclic) bond motifs is 1. The second-order valence-electron chi connectivity index (χ2n) is 4.08. The smallest absolute Gasteiger partial charge is 0.188 e. The average molecular weight is 231 g/mol. The predicted molar refractivity (Wildman–Crippen MR) is 70.8 cm³/mol. The van der Waals surface area contributed by atoms with Crippen molar-refractivity contribution in [3.8, 4) is 5.75 Å². The van der Waals surface area contributed by atoms with Gasteiger partial charge >= 0.3 is 0 Å². The van der Waals surface area contributed by atoms with Gasteiger partial charge in [0.05, 0.1) is 0 Å². The van der Waals surface area contributed by atoms with Crippen molar-refractivity contribution in [2.45, 2.75) is 0 Å². The number of ether oxygens (including phenoxy) is 2. The molecule has 0 aliphatic carbocycles. The molecule has 0 spiro atoms. The quantitative estimate of drug-likeness (QED) is 0.755. The molecule has 3 nitrogen and oxygen atoms in total. The summed E-state index contributed by atoms with van der Waals surface area (Å²) < 4.78 is 10.6. The molecular weight excluding hydrogens is 214 g/mol. The Kier molecular flexibility index (Phi) is 3.49. The summed E-state index contributed by atoms with van der Waals surface area (Å²) in [5, 5.41) is 2.29. The van der Waals surface area contributed by atoms with Crippen LogP contribution in [-0.2, 0) is 4.74 Å². The van der Waals surface area contributed by atoms with Crippen molar-refractivity contribution in [3.05, 3.63) is 36.4 Å².